The second kappa shape index (κ2) is 10.2. The van der Waals surface area contributed by atoms with Crippen LogP contribution in [0.25, 0.3) is 0 Å². The maximum Gasteiger partial charge on any atom is 0.251 e. The van der Waals surface area contributed by atoms with Gasteiger partial charge in [-0.25, -0.2) is 0 Å². The molecule has 0 radical (unpaired) electrons. The van der Waals surface area contributed by atoms with Crippen molar-refractivity contribution in [3.63, 3.8) is 0 Å². The number of carbonyl (C=O) groups excluding carboxylic acids is 1. The molecule has 1 amide bonds. The van der Waals surface area contributed by atoms with E-state index in [9.17, 15) is 4.79 Å². The second-order valence-electron chi connectivity index (χ2n) is 7.94. The molecule has 2 aromatic heterocycles. The Balaban J connectivity index is 1.42. The molecular weight excluding hydrogens is 426 g/mol. The number of methoxy groups -OCH3 is 1. The summed E-state index contributed by atoms with van der Waals surface area (Å²) in [4.78, 5) is 16.6. The van der Waals surface area contributed by atoms with Crippen LogP contribution in [0.4, 0.5) is 0 Å². The third-order valence-corrected chi connectivity index (χ3v) is 6.86. The topological polar surface area (TPSA) is 76.8 Å². The zero-order chi connectivity index (χ0) is 22.5. The highest BCUT2D eigenvalue weighted by molar-refractivity contribution is 7.10. The molecule has 1 saturated heterocycles. The molecule has 3 aromatic rings. The fourth-order valence-corrected chi connectivity index (χ4v) is 4.88. The molecule has 32 heavy (non-hydrogen) atoms. The molecule has 1 fully saturated rings. The lowest BCUT2D eigenvalue weighted by Crippen LogP contribution is -2.36. The van der Waals surface area contributed by atoms with Crippen LogP contribution in [0.3, 0.4) is 0 Å². The van der Waals surface area contributed by atoms with Gasteiger partial charge in [0.25, 0.3) is 5.91 Å². The van der Waals surface area contributed by atoms with Crippen LogP contribution in [0.15, 0.2) is 40.2 Å². The zero-order valence-electron chi connectivity index (χ0n) is 18.7. The average molecular weight is 456 g/mol. The Labute approximate surface area is 192 Å². The molecule has 1 N–H and O–H groups in total. The van der Waals surface area contributed by atoms with Gasteiger partial charge in [-0.05, 0) is 69.4 Å². The first-order valence-corrected chi connectivity index (χ1v) is 11.7. The Morgan fingerprint density at radius 1 is 1.25 bits per heavy atom. The summed E-state index contributed by atoms with van der Waals surface area (Å²) >= 11 is 1.74. The van der Waals surface area contributed by atoms with Crippen LogP contribution in [0.1, 0.15) is 51.1 Å². The van der Waals surface area contributed by atoms with Crippen molar-refractivity contribution in [2.24, 2.45) is 0 Å². The summed E-state index contributed by atoms with van der Waals surface area (Å²) in [7, 11) is 1.57. The molecule has 8 heteroatoms. The van der Waals surface area contributed by atoms with E-state index in [1.807, 2.05) is 13.8 Å². The lowest BCUT2D eigenvalue weighted by atomic mass is 10.1. The molecule has 3 heterocycles. The summed E-state index contributed by atoms with van der Waals surface area (Å²) in [6.45, 7) is 6.78. The van der Waals surface area contributed by atoms with E-state index in [4.69, 9.17) is 14.0 Å². The number of nitrogens with one attached hydrogen (secondary N) is 1. The number of aromatic nitrogens is 1. The Morgan fingerprint density at radius 2 is 2.06 bits per heavy atom. The van der Waals surface area contributed by atoms with E-state index in [0.29, 0.717) is 30.2 Å². The number of aryl methyl sites for hydroxylation is 2. The molecular formula is C24H29N3O4S. The lowest BCUT2D eigenvalue weighted by Gasteiger charge is -2.27. The standard InChI is InChI=1S/C24H29N3O4S/c1-16-19(17(2)31-26-16)15-30-21-9-8-18(13-22(21)29-3)24(28)25-14-20(23-7-6-12-32-23)27-10-4-5-11-27/h6-9,12-13,20H,4-5,10-11,14-15H2,1-3H3,(H,25,28). The van der Waals surface area contributed by atoms with Crippen LogP contribution in [0, 0.1) is 13.8 Å². The first-order chi connectivity index (χ1) is 15.6. The summed E-state index contributed by atoms with van der Waals surface area (Å²) in [5.41, 5.74) is 2.25. The van der Waals surface area contributed by atoms with Crippen LogP contribution in [0.5, 0.6) is 11.5 Å². The van der Waals surface area contributed by atoms with E-state index < -0.39 is 0 Å². The van der Waals surface area contributed by atoms with Crippen molar-refractivity contribution in [3.8, 4) is 11.5 Å². The number of hydrogen-bond acceptors (Lipinski definition) is 7. The van der Waals surface area contributed by atoms with Gasteiger partial charge in [0, 0.05) is 17.0 Å². The smallest absolute Gasteiger partial charge is 0.251 e. The molecule has 7 nitrogen and oxygen atoms in total. The number of carbonyl (C=O) groups is 1. The minimum absolute atomic E-state index is 0.124. The van der Waals surface area contributed by atoms with Crippen molar-refractivity contribution < 1.29 is 18.8 Å². The first kappa shape index (κ1) is 22.4. The van der Waals surface area contributed by atoms with Gasteiger partial charge in [0.05, 0.1) is 24.4 Å². The Kier molecular flexibility index (Phi) is 7.12. The predicted octanol–water partition coefficient (Wildman–Crippen LogP) is 4.51. The normalized spacial score (nSPS) is 15.0. The number of thiophene rings is 1. The van der Waals surface area contributed by atoms with Crippen molar-refractivity contribution in [1.82, 2.24) is 15.4 Å². The molecule has 0 aliphatic carbocycles. The van der Waals surface area contributed by atoms with E-state index in [2.05, 4.69) is 32.9 Å². The van der Waals surface area contributed by atoms with Crippen molar-refractivity contribution in [2.75, 3.05) is 26.7 Å². The number of likely N-dealkylation sites (tertiary alicyclic amines) is 1. The molecule has 1 aromatic carbocycles. The van der Waals surface area contributed by atoms with Gasteiger partial charge in [-0.3, -0.25) is 9.69 Å². The summed E-state index contributed by atoms with van der Waals surface area (Å²) in [6.07, 6.45) is 2.42. The third kappa shape index (κ3) is 4.97. The molecule has 1 aliphatic heterocycles. The van der Waals surface area contributed by atoms with Crippen molar-refractivity contribution in [3.05, 3.63) is 63.2 Å². The third-order valence-electron chi connectivity index (χ3n) is 5.89. The van der Waals surface area contributed by atoms with E-state index >= 15 is 0 Å². The highest BCUT2D eigenvalue weighted by atomic mass is 32.1. The Morgan fingerprint density at radius 3 is 2.72 bits per heavy atom. The van der Waals surface area contributed by atoms with E-state index in [1.165, 1.54) is 17.7 Å². The first-order valence-electron chi connectivity index (χ1n) is 10.8. The van der Waals surface area contributed by atoms with Crippen LogP contribution in [-0.2, 0) is 6.61 Å². The van der Waals surface area contributed by atoms with Crippen molar-refractivity contribution >= 4 is 17.2 Å². The molecule has 0 saturated carbocycles. The molecule has 1 aliphatic rings. The highest BCUT2D eigenvalue weighted by Gasteiger charge is 2.25. The average Bonchev–Trinajstić information content (AvgIpc) is 3.57. The molecule has 170 valence electrons. The monoisotopic (exact) mass is 455 g/mol. The Bertz CT molecular complexity index is 1020. The van der Waals surface area contributed by atoms with Crippen molar-refractivity contribution in [2.45, 2.75) is 39.3 Å². The summed E-state index contributed by atoms with van der Waals surface area (Å²) in [6, 6.07) is 9.67. The van der Waals surface area contributed by atoms with Gasteiger partial charge in [-0.2, -0.15) is 0 Å². The largest absolute Gasteiger partial charge is 0.493 e. The fourth-order valence-electron chi connectivity index (χ4n) is 4.02. The Hall–Kier alpha value is -2.84. The lowest BCUT2D eigenvalue weighted by molar-refractivity contribution is 0.0938. The minimum atomic E-state index is -0.124. The van der Waals surface area contributed by atoms with Crippen LogP contribution >= 0.6 is 11.3 Å². The number of hydrogen-bond donors (Lipinski definition) is 1. The quantitative estimate of drug-likeness (QED) is 0.512. The SMILES string of the molecule is COc1cc(C(=O)NCC(c2cccs2)N2CCCC2)ccc1OCc1c(C)noc1C. The van der Waals surface area contributed by atoms with E-state index in [0.717, 1.165) is 30.1 Å². The predicted molar refractivity (Wildman–Crippen MR) is 124 cm³/mol. The van der Waals surface area contributed by atoms with Gasteiger partial charge in [-0.15, -0.1) is 11.3 Å². The maximum atomic E-state index is 12.9. The van der Waals surface area contributed by atoms with Gasteiger partial charge >= 0.3 is 0 Å². The molecule has 4 rings (SSSR count). The second-order valence-corrected chi connectivity index (χ2v) is 8.92. The molecule has 0 bridgehead atoms. The summed E-state index contributed by atoms with van der Waals surface area (Å²) in [5.74, 6) is 1.69. The number of ether oxygens (including phenoxy) is 2. The van der Waals surface area contributed by atoms with Gasteiger partial charge < -0.3 is 19.3 Å². The van der Waals surface area contributed by atoms with Gasteiger partial charge in [0.15, 0.2) is 11.5 Å². The summed E-state index contributed by atoms with van der Waals surface area (Å²) < 4.78 is 16.6. The van der Waals surface area contributed by atoms with E-state index in [1.54, 1.807) is 36.6 Å². The minimum Gasteiger partial charge on any atom is -0.493 e. The van der Waals surface area contributed by atoms with Crippen LogP contribution < -0.4 is 14.8 Å². The number of benzene rings is 1. The highest BCUT2D eigenvalue weighted by Crippen LogP contribution is 2.30. The number of rotatable bonds is 9. The van der Waals surface area contributed by atoms with Crippen molar-refractivity contribution in [1.29, 1.82) is 0 Å². The fraction of sp³-hybridized carbons (Fsp3) is 0.417. The number of amides is 1. The zero-order valence-corrected chi connectivity index (χ0v) is 19.5. The van der Waals surface area contributed by atoms with Crippen LogP contribution in [-0.4, -0.2) is 42.7 Å². The molecule has 1 unspecified atom stereocenters. The van der Waals surface area contributed by atoms with Crippen LogP contribution in [0.2, 0.25) is 0 Å². The molecule has 1 atom stereocenters. The van der Waals surface area contributed by atoms with Gasteiger partial charge in [0.2, 0.25) is 0 Å². The summed E-state index contributed by atoms with van der Waals surface area (Å²) in [5, 5.41) is 9.15. The molecule has 0 spiro atoms. The van der Waals surface area contributed by atoms with Gasteiger partial charge in [0.1, 0.15) is 12.4 Å². The maximum absolute atomic E-state index is 12.9. The number of nitrogens with zero attached hydrogens (tertiary/aromatic N) is 2. The van der Waals surface area contributed by atoms with E-state index in [-0.39, 0.29) is 11.9 Å². The van der Waals surface area contributed by atoms with Gasteiger partial charge in [-0.1, -0.05) is 11.2 Å².